The molecule has 142 valence electrons. The molecule has 2 fully saturated rings. The molecule has 4 nitrogen and oxygen atoms in total. The molecule has 2 aromatic carbocycles. The number of allylic oxidation sites excluding steroid dienone is 1. The van der Waals surface area contributed by atoms with E-state index in [-0.39, 0.29) is 22.5 Å². The van der Waals surface area contributed by atoms with E-state index < -0.39 is 0 Å². The number of amides is 1. The van der Waals surface area contributed by atoms with Crippen LogP contribution in [0.3, 0.4) is 0 Å². The molecule has 1 saturated heterocycles. The molecule has 5 rings (SSSR count). The summed E-state index contributed by atoms with van der Waals surface area (Å²) in [6.45, 7) is 1.80. The summed E-state index contributed by atoms with van der Waals surface area (Å²) < 4.78 is 5.71. The number of thiocarbonyl (C=S) groups is 1. The van der Waals surface area contributed by atoms with Crippen LogP contribution in [0.25, 0.3) is 11.1 Å². The van der Waals surface area contributed by atoms with Crippen molar-refractivity contribution in [1.82, 2.24) is 4.90 Å². The van der Waals surface area contributed by atoms with Crippen LogP contribution in [0.15, 0.2) is 60.2 Å². The zero-order valence-electron chi connectivity index (χ0n) is 15.4. The van der Waals surface area contributed by atoms with Gasteiger partial charge < -0.3 is 14.7 Å². The number of hydrogen-bond acceptors (Lipinski definition) is 3. The Morgan fingerprint density at radius 1 is 1.11 bits per heavy atom. The number of carbonyl (C=O) groups is 1. The van der Waals surface area contributed by atoms with Gasteiger partial charge in [-0.15, -0.1) is 0 Å². The van der Waals surface area contributed by atoms with E-state index in [1.54, 1.807) is 11.0 Å². The number of nitrogens with zero attached hydrogens (tertiary/aromatic N) is 1. The number of hydrogen-bond donors (Lipinski definition) is 1. The van der Waals surface area contributed by atoms with Gasteiger partial charge in [0.1, 0.15) is 6.61 Å². The van der Waals surface area contributed by atoms with Crippen molar-refractivity contribution in [1.29, 1.82) is 0 Å². The Balaban J connectivity index is 1.21. The molecule has 0 unspecified atom stereocenters. The van der Waals surface area contributed by atoms with Crippen molar-refractivity contribution >= 4 is 23.4 Å². The van der Waals surface area contributed by atoms with Crippen LogP contribution in [0.5, 0.6) is 0 Å². The minimum absolute atomic E-state index is 0.0578. The maximum absolute atomic E-state index is 12.5. The first-order valence-corrected chi connectivity index (χ1v) is 9.98. The van der Waals surface area contributed by atoms with E-state index >= 15 is 0 Å². The predicted molar refractivity (Wildman–Crippen MR) is 112 cm³/mol. The van der Waals surface area contributed by atoms with Crippen LogP contribution >= 0.6 is 12.2 Å². The Kier molecular flexibility index (Phi) is 4.02. The molecule has 0 radical (unpaired) electrons. The smallest absolute Gasteiger partial charge is 0.409 e. The topological polar surface area (TPSA) is 49.8 Å². The summed E-state index contributed by atoms with van der Waals surface area (Å²) >= 11 is 4.70. The molecule has 3 aliphatic rings. The Hall–Kier alpha value is -2.66. The van der Waals surface area contributed by atoms with E-state index in [9.17, 15) is 9.90 Å². The standard InChI is InChI=1S/C23H21NO3S/c25-21(28)9-15-10-23(11-15)13-24(14-23)22(26)27-12-20-18-7-3-1-5-16(18)17-6-2-4-8-19(17)20/h1-9,20H,10-14H2,(H,25,28). The monoisotopic (exact) mass is 391 g/mol. The molecular weight excluding hydrogens is 370 g/mol. The first-order chi connectivity index (χ1) is 13.5. The molecule has 28 heavy (non-hydrogen) atoms. The third-order valence-electron chi connectivity index (χ3n) is 6.18. The van der Waals surface area contributed by atoms with E-state index in [1.807, 2.05) is 24.3 Å². The van der Waals surface area contributed by atoms with E-state index in [0.717, 1.165) is 25.9 Å². The van der Waals surface area contributed by atoms with Gasteiger partial charge in [-0.05, 0) is 53.4 Å². The third-order valence-corrected chi connectivity index (χ3v) is 6.30. The van der Waals surface area contributed by atoms with Crippen molar-refractivity contribution in [2.75, 3.05) is 19.7 Å². The van der Waals surface area contributed by atoms with Crippen LogP contribution in [0.2, 0.25) is 0 Å². The molecule has 2 aliphatic carbocycles. The fraction of sp³-hybridized carbons (Fsp3) is 0.304. The highest BCUT2D eigenvalue weighted by atomic mass is 32.1. The lowest BCUT2D eigenvalue weighted by Crippen LogP contribution is -2.62. The van der Waals surface area contributed by atoms with E-state index in [2.05, 4.69) is 24.3 Å². The lowest BCUT2D eigenvalue weighted by Gasteiger charge is -2.56. The van der Waals surface area contributed by atoms with Gasteiger partial charge in [0, 0.05) is 24.4 Å². The lowest BCUT2D eigenvalue weighted by molar-refractivity contribution is -0.0276. The second-order valence-corrected chi connectivity index (χ2v) is 8.57. The van der Waals surface area contributed by atoms with Gasteiger partial charge >= 0.3 is 6.09 Å². The van der Waals surface area contributed by atoms with Crippen LogP contribution in [0, 0.1) is 5.41 Å². The van der Waals surface area contributed by atoms with Crippen LogP contribution < -0.4 is 0 Å². The van der Waals surface area contributed by atoms with Crippen molar-refractivity contribution in [2.24, 2.45) is 5.41 Å². The number of aliphatic hydroxyl groups is 1. The second kappa shape index (κ2) is 6.45. The van der Waals surface area contributed by atoms with Crippen LogP contribution in [-0.4, -0.2) is 40.8 Å². The van der Waals surface area contributed by atoms with Crippen molar-refractivity contribution < 1.29 is 14.6 Å². The normalized spacial score (nSPS) is 18.7. The molecule has 0 aromatic heterocycles. The molecule has 1 N–H and O–H groups in total. The number of benzene rings is 2. The largest absolute Gasteiger partial charge is 0.499 e. The Morgan fingerprint density at radius 3 is 2.25 bits per heavy atom. The van der Waals surface area contributed by atoms with Gasteiger partial charge in [0.25, 0.3) is 0 Å². The van der Waals surface area contributed by atoms with Crippen molar-refractivity contribution in [3.8, 4) is 11.1 Å². The molecule has 0 bridgehead atoms. The van der Waals surface area contributed by atoms with Gasteiger partial charge in [-0.1, -0.05) is 54.1 Å². The van der Waals surface area contributed by atoms with Crippen LogP contribution in [0.1, 0.15) is 29.9 Å². The average Bonchev–Trinajstić information content (AvgIpc) is 2.94. The SMILES string of the molecule is O=C(OCC1c2ccccc2-c2ccccc21)N1CC2(CC(=CC(O)=S)C2)C1. The molecule has 0 atom stereocenters. The predicted octanol–water partition coefficient (Wildman–Crippen LogP) is 4.84. The van der Waals surface area contributed by atoms with Crippen molar-refractivity contribution in [3.05, 3.63) is 71.3 Å². The number of carbonyl (C=O) groups excluding carboxylic acids is 1. The number of fused-ring (bicyclic) bond motifs is 3. The average molecular weight is 391 g/mol. The Bertz CT molecular complexity index is 951. The summed E-state index contributed by atoms with van der Waals surface area (Å²) in [5.74, 6) is 0.0930. The minimum Gasteiger partial charge on any atom is -0.499 e. The molecule has 1 spiro atoms. The van der Waals surface area contributed by atoms with Crippen molar-refractivity contribution in [2.45, 2.75) is 18.8 Å². The summed E-state index contributed by atoms with van der Waals surface area (Å²) in [7, 11) is 0. The second-order valence-electron chi connectivity index (χ2n) is 8.15. The highest BCUT2D eigenvalue weighted by molar-refractivity contribution is 7.80. The van der Waals surface area contributed by atoms with Crippen LogP contribution in [0.4, 0.5) is 4.79 Å². The summed E-state index contributed by atoms with van der Waals surface area (Å²) in [6.07, 6.45) is 3.24. The zero-order chi connectivity index (χ0) is 19.3. The number of ether oxygens (including phenoxy) is 1. The lowest BCUT2D eigenvalue weighted by atomic mass is 9.61. The maximum Gasteiger partial charge on any atom is 0.409 e. The number of likely N-dealkylation sites (tertiary alicyclic amines) is 1. The summed E-state index contributed by atoms with van der Waals surface area (Å²) in [4.78, 5) is 14.3. The number of rotatable bonds is 3. The molecule has 1 amide bonds. The van der Waals surface area contributed by atoms with Gasteiger partial charge in [-0.2, -0.15) is 0 Å². The fourth-order valence-electron chi connectivity index (χ4n) is 4.99. The van der Waals surface area contributed by atoms with E-state index in [4.69, 9.17) is 17.0 Å². The Morgan fingerprint density at radius 2 is 1.68 bits per heavy atom. The summed E-state index contributed by atoms with van der Waals surface area (Å²) in [6, 6.07) is 16.7. The minimum atomic E-state index is -0.234. The van der Waals surface area contributed by atoms with Gasteiger partial charge in [0.05, 0.1) is 0 Å². The van der Waals surface area contributed by atoms with Gasteiger partial charge in [0.15, 0.2) is 5.05 Å². The molecule has 1 saturated carbocycles. The van der Waals surface area contributed by atoms with Gasteiger partial charge in [0.2, 0.25) is 0 Å². The molecule has 2 aromatic rings. The zero-order valence-corrected chi connectivity index (χ0v) is 16.2. The Labute approximate surface area is 169 Å². The maximum atomic E-state index is 12.5. The highest BCUT2D eigenvalue weighted by Crippen LogP contribution is 2.52. The first kappa shape index (κ1) is 17.4. The quantitative estimate of drug-likeness (QED) is 0.601. The van der Waals surface area contributed by atoms with Gasteiger partial charge in [-0.25, -0.2) is 4.79 Å². The van der Waals surface area contributed by atoms with Crippen LogP contribution in [-0.2, 0) is 4.74 Å². The van der Waals surface area contributed by atoms with Crippen molar-refractivity contribution in [3.63, 3.8) is 0 Å². The molecule has 1 aliphatic heterocycles. The molecule has 5 heteroatoms. The summed E-state index contributed by atoms with van der Waals surface area (Å²) in [5.41, 5.74) is 6.26. The third kappa shape index (κ3) is 2.81. The highest BCUT2D eigenvalue weighted by Gasteiger charge is 2.52. The number of aliphatic hydroxyl groups excluding tert-OH is 1. The fourth-order valence-corrected chi connectivity index (χ4v) is 5.16. The van der Waals surface area contributed by atoms with E-state index in [0.29, 0.717) is 6.61 Å². The summed E-state index contributed by atoms with van der Waals surface area (Å²) in [5, 5.41) is 9.11. The molecular formula is C23H21NO3S. The van der Waals surface area contributed by atoms with Gasteiger partial charge in [-0.3, -0.25) is 0 Å². The first-order valence-electron chi connectivity index (χ1n) is 9.57. The molecule has 1 heterocycles. The van der Waals surface area contributed by atoms with E-state index in [1.165, 1.54) is 27.8 Å².